The van der Waals surface area contributed by atoms with Gasteiger partial charge in [0.05, 0.1) is 13.2 Å². The molecule has 0 aromatic rings. The first kappa shape index (κ1) is 105. The molecular weight excluding hydrogens is 1490 g/mol. The third kappa shape index (κ3) is 48.0. The lowest BCUT2D eigenvalue weighted by atomic mass is 9.84. The second-order valence-electron chi connectivity index (χ2n) is 32.8. The monoisotopic (exact) mass is 1650 g/mol. The van der Waals surface area contributed by atoms with Gasteiger partial charge in [-0.3, -0.25) is 28.2 Å². The maximum atomic E-state index is 14.9. The predicted octanol–water partition coefficient (Wildman–Crippen LogP) is 16.4. The van der Waals surface area contributed by atoms with Crippen LogP contribution in [0.2, 0.25) is 0 Å². The van der Waals surface area contributed by atoms with Gasteiger partial charge in [0, 0.05) is 25.7 Å². The van der Waals surface area contributed by atoms with E-state index in [1.165, 1.54) is 180 Å². The van der Waals surface area contributed by atoms with Gasteiger partial charge in [-0.05, 0) is 51.4 Å². The van der Waals surface area contributed by atoms with Crippen molar-refractivity contribution in [1.82, 2.24) is 0 Å². The summed E-state index contributed by atoms with van der Waals surface area (Å²) in [6.07, 6.45) is 25.1. The van der Waals surface area contributed by atoms with Crippen molar-refractivity contribution in [3.8, 4) is 0 Å². The van der Waals surface area contributed by atoms with E-state index in [2.05, 4.69) is 39.8 Å². The first-order valence-corrected chi connectivity index (χ1v) is 47.4. The molecule has 0 bridgehead atoms. The topological polar surface area (TPSA) is 380 Å². The molecule has 2 saturated heterocycles. The van der Waals surface area contributed by atoms with Crippen LogP contribution in [-0.2, 0) is 70.7 Å². The number of unbranched alkanes of at least 4 members (excludes halogenated alkanes) is 48. The molecule has 2 heterocycles. The number of allylic oxidation sites excluding steroid dienone is 2. The van der Waals surface area contributed by atoms with Crippen molar-refractivity contribution in [1.29, 1.82) is 0 Å². The number of hydrogen-bond acceptors (Lipinski definition) is 24. The molecule has 1 aliphatic carbocycles. The Balaban J connectivity index is 1.93. The quantitative estimate of drug-likeness (QED) is 0.00889. The van der Waals surface area contributed by atoms with E-state index in [-0.39, 0.29) is 25.7 Å². The Morgan fingerprint density at radius 2 is 0.658 bits per heavy atom. The Kier molecular flexibility index (Phi) is 62.7. The van der Waals surface area contributed by atoms with Crippen LogP contribution in [0.1, 0.15) is 394 Å². The van der Waals surface area contributed by atoms with Crippen molar-refractivity contribution >= 4 is 31.7 Å². The van der Waals surface area contributed by atoms with E-state index in [4.69, 9.17) is 46.9 Å². The number of esters is 4. The summed E-state index contributed by atoms with van der Waals surface area (Å²) in [5.41, 5.74) is 0. The highest BCUT2D eigenvalue weighted by atomic mass is 31.2. The lowest BCUT2D eigenvalue weighted by Gasteiger charge is -2.50. The zero-order valence-corrected chi connectivity index (χ0v) is 72.0. The summed E-state index contributed by atoms with van der Waals surface area (Å²) in [4.78, 5) is 66.3. The molecule has 0 amide bonds. The highest BCUT2D eigenvalue weighted by molar-refractivity contribution is 7.47. The largest absolute Gasteiger partial charge is 0.472 e. The minimum absolute atomic E-state index is 0.0166. The zero-order chi connectivity index (χ0) is 83.2. The Bertz CT molecular complexity index is 2430. The smallest absolute Gasteiger partial charge is 0.463 e. The molecule has 0 aromatic heterocycles. The van der Waals surface area contributed by atoms with Crippen molar-refractivity contribution in [2.75, 3.05) is 26.4 Å². The number of carbonyl (C=O) groups is 4. The van der Waals surface area contributed by atoms with E-state index in [0.29, 0.717) is 32.1 Å². The fraction of sp³-hybridized carbons (Fsp3) is 0.932. The van der Waals surface area contributed by atoms with Gasteiger partial charge in [-0.25, -0.2) is 4.57 Å². The minimum Gasteiger partial charge on any atom is -0.463 e. The maximum absolute atomic E-state index is 14.9. The number of aliphatic hydroxyl groups is 9. The average Bonchev–Trinajstić information content (AvgIpc) is 0.755. The van der Waals surface area contributed by atoms with Crippen LogP contribution < -0.4 is 0 Å². The third-order valence-electron chi connectivity index (χ3n) is 22.5. The van der Waals surface area contributed by atoms with Crippen LogP contribution in [-0.4, -0.2) is 205 Å². The molecule has 3 rings (SSSR count). The summed E-state index contributed by atoms with van der Waals surface area (Å²) < 4.78 is 73.3. The van der Waals surface area contributed by atoms with E-state index < -0.39 is 162 Å². The van der Waals surface area contributed by atoms with Gasteiger partial charge in [-0.1, -0.05) is 329 Å². The first-order chi connectivity index (χ1) is 55.2. The van der Waals surface area contributed by atoms with Gasteiger partial charge in [-0.2, -0.15) is 0 Å². The van der Waals surface area contributed by atoms with Gasteiger partial charge < -0.3 is 88.7 Å². The lowest BCUT2D eigenvalue weighted by Crippen LogP contribution is -2.70. The fourth-order valence-corrected chi connectivity index (χ4v) is 16.2. The normalized spacial score (nSPS) is 25.4. The first-order valence-electron chi connectivity index (χ1n) is 45.9. The molecule has 0 radical (unpaired) electrons. The standard InChI is InChI=1S/C88H163O25P/c1-5-9-13-17-21-25-29-33-34-35-39-43-47-51-55-59-63-74(93)110-83-79(98)80(99)84(111-87-81(100)77(96)75(94)69(64-89)108-87)86(85(83)112-88-82(101)78(97)76(95)70(109-88)67-105-72(91)61-57-53-49-45-41-37-31-27-23-19-15-11-7-3)113-114(102,103)106-66-68(107-73(92)62-58-54-50-46-42-38-32-28-24-20-16-12-8-4)65-104-71(90)60-56-52-48-44-40-36-30-26-22-18-14-10-6-2/h36,40,68-70,75-89,94-101H,5-35,37-39,41-67H2,1-4H3,(H,102,103)/b40-36-. The molecule has 18 atom stereocenters. The number of phosphoric ester groups is 1. The number of ether oxygens (including phenoxy) is 8. The fourth-order valence-electron chi connectivity index (χ4n) is 15.2. The van der Waals surface area contributed by atoms with Crippen LogP contribution in [0.3, 0.4) is 0 Å². The highest BCUT2D eigenvalue weighted by Crippen LogP contribution is 2.49. The van der Waals surface area contributed by atoms with Gasteiger partial charge in [0.1, 0.15) is 92.6 Å². The molecule has 18 unspecified atom stereocenters. The maximum Gasteiger partial charge on any atom is 0.472 e. The number of hydrogen-bond donors (Lipinski definition) is 10. The zero-order valence-electron chi connectivity index (χ0n) is 71.1. The molecular formula is C88H163O25P. The van der Waals surface area contributed by atoms with Gasteiger partial charge >= 0.3 is 31.7 Å². The van der Waals surface area contributed by atoms with Crippen LogP contribution in [0.5, 0.6) is 0 Å². The van der Waals surface area contributed by atoms with Crippen molar-refractivity contribution in [3.63, 3.8) is 0 Å². The van der Waals surface area contributed by atoms with Crippen LogP contribution in [0, 0.1) is 0 Å². The minimum atomic E-state index is -5.80. The van der Waals surface area contributed by atoms with E-state index in [0.717, 1.165) is 128 Å². The lowest BCUT2D eigenvalue weighted by molar-refractivity contribution is -0.360. The Labute approximate surface area is 686 Å². The van der Waals surface area contributed by atoms with E-state index in [9.17, 15) is 74.6 Å². The summed E-state index contributed by atoms with van der Waals surface area (Å²) in [5, 5.41) is 102. The summed E-state index contributed by atoms with van der Waals surface area (Å²) in [6.45, 7) is 5.58. The van der Waals surface area contributed by atoms with Crippen LogP contribution in [0.4, 0.5) is 0 Å². The predicted molar refractivity (Wildman–Crippen MR) is 440 cm³/mol. The van der Waals surface area contributed by atoms with Crippen molar-refractivity contribution in [2.45, 2.75) is 498 Å². The average molecular weight is 1650 g/mol. The van der Waals surface area contributed by atoms with Gasteiger partial charge in [0.15, 0.2) is 24.8 Å². The third-order valence-corrected chi connectivity index (χ3v) is 23.5. The second-order valence-corrected chi connectivity index (χ2v) is 34.2. The summed E-state index contributed by atoms with van der Waals surface area (Å²) in [5.74, 6) is -2.97. The molecule has 25 nitrogen and oxygen atoms in total. The molecule has 2 aliphatic heterocycles. The number of rotatable bonds is 74. The Morgan fingerprint density at radius 1 is 0.342 bits per heavy atom. The SMILES string of the molecule is CCCCCCCC/C=C\CCCCCC(=O)OCC(COP(=O)(O)OC1C(OC2OC(CO)C(O)C(O)C2O)C(O)C(O)C(OC(=O)CCCCCCCCCCCCCCCCCC)C1OC1OC(COC(=O)CCCCCCCCCCCCCCC)C(O)C(O)C1O)OC(=O)CCCCCCCCCCCCCCC. The molecule has 10 N–H and O–H groups in total. The molecule has 0 spiro atoms. The second kappa shape index (κ2) is 67.8. The van der Waals surface area contributed by atoms with Crippen LogP contribution in [0.25, 0.3) is 0 Å². The highest BCUT2D eigenvalue weighted by Gasteiger charge is 2.60. The van der Waals surface area contributed by atoms with Crippen LogP contribution in [0.15, 0.2) is 12.2 Å². The Hall–Kier alpha value is -2.79. The molecule has 670 valence electrons. The number of phosphoric acid groups is 1. The molecule has 114 heavy (non-hydrogen) atoms. The van der Waals surface area contributed by atoms with E-state index in [1.54, 1.807) is 0 Å². The summed E-state index contributed by atoms with van der Waals surface area (Å²) in [7, 11) is -5.80. The molecule has 3 aliphatic rings. The van der Waals surface area contributed by atoms with E-state index in [1.807, 2.05) is 0 Å². The molecule has 3 fully saturated rings. The van der Waals surface area contributed by atoms with Crippen molar-refractivity contribution in [3.05, 3.63) is 12.2 Å². The Morgan fingerprint density at radius 3 is 1.05 bits per heavy atom. The summed E-state index contributed by atoms with van der Waals surface area (Å²) >= 11 is 0. The van der Waals surface area contributed by atoms with Gasteiger partial charge in [0.2, 0.25) is 0 Å². The molecule has 26 heteroatoms. The van der Waals surface area contributed by atoms with Gasteiger partial charge in [0.25, 0.3) is 0 Å². The van der Waals surface area contributed by atoms with Gasteiger partial charge in [-0.15, -0.1) is 0 Å². The molecule has 0 aromatic carbocycles. The van der Waals surface area contributed by atoms with Crippen LogP contribution >= 0.6 is 7.82 Å². The summed E-state index contributed by atoms with van der Waals surface area (Å²) in [6, 6.07) is 0. The number of carbonyl (C=O) groups excluding carboxylic acids is 4. The van der Waals surface area contributed by atoms with Crippen molar-refractivity contribution < 1.29 is 122 Å². The number of aliphatic hydroxyl groups excluding tert-OH is 9. The molecule has 1 saturated carbocycles. The van der Waals surface area contributed by atoms with E-state index >= 15 is 0 Å². The van der Waals surface area contributed by atoms with Crippen molar-refractivity contribution in [2.24, 2.45) is 0 Å².